The number of hydrogen-bond acceptors (Lipinski definition) is 5. The second-order valence-corrected chi connectivity index (χ2v) is 15.2. The zero-order valence-electron chi connectivity index (χ0n) is 12.1. The fourth-order valence-corrected chi connectivity index (χ4v) is 9.31. The van der Waals surface area contributed by atoms with E-state index in [1.54, 1.807) is 0 Å². The molecule has 20 heavy (non-hydrogen) atoms. The molecular weight excluding hydrogens is 345 g/mol. The first-order chi connectivity index (χ1) is 9.08. The number of hydrogen-bond donors (Lipinski definition) is 1. The molecule has 8 heteroatoms. The number of amides is 1. The number of likely N-dealkylation sites (tertiary alicyclic amines) is 1. The summed E-state index contributed by atoms with van der Waals surface area (Å²) < 4.78 is -1.99. The Balaban J connectivity index is 0.000000428. The third-order valence-electron chi connectivity index (χ3n) is 3.24. The van der Waals surface area contributed by atoms with Crippen molar-refractivity contribution in [1.29, 1.82) is 0 Å². The molecule has 1 N–H and O–H groups in total. The first-order valence-electron chi connectivity index (χ1n) is 6.10. The zero-order valence-corrected chi connectivity index (χ0v) is 14.5. The van der Waals surface area contributed by atoms with Gasteiger partial charge >= 0.3 is 87.2 Å². The molecule has 0 saturated carbocycles. The molecule has 1 heterocycles. The van der Waals surface area contributed by atoms with Gasteiger partial charge in [-0.15, -0.1) is 0 Å². The average molecular weight is 365 g/mol. The van der Waals surface area contributed by atoms with Gasteiger partial charge in [0.05, 0.1) is 0 Å². The second kappa shape index (κ2) is 7.57. The van der Waals surface area contributed by atoms with Crippen molar-refractivity contribution in [3.8, 4) is 0 Å². The Kier molecular flexibility index (Phi) is 7.13. The number of nitrogens with zero attached hydrogens (tertiary/aromatic N) is 1. The SMILES string of the molecule is C[C](=O)[Zr]([C](C)=O)([C](C)=O)[C](C)=O.O=C(O)N1CCC1. The van der Waals surface area contributed by atoms with Gasteiger partial charge in [-0.1, -0.05) is 0 Å². The van der Waals surface area contributed by atoms with E-state index in [4.69, 9.17) is 5.11 Å². The van der Waals surface area contributed by atoms with Crippen molar-refractivity contribution in [1.82, 2.24) is 4.90 Å². The van der Waals surface area contributed by atoms with Crippen LogP contribution in [0.25, 0.3) is 0 Å². The van der Waals surface area contributed by atoms with E-state index in [9.17, 15) is 24.0 Å². The minimum atomic E-state index is -4.48. The molecule has 1 aliphatic heterocycles. The molecule has 0 spiro atoms. The van der Waals surface area contributed by atoms with Crippen LogP contribution in [0.5, 0.6) is 0 Å². The van der Waals surface area contributed by atoms with Crippen molar-refractivity contribution in [3.05, 3.63) is 0 Å². The molecule has 0 bridgehead atoms. The van der Waals surface area contributed by atoms with Crippen LogP contribution in [-0.4, -0.2) is 43.2 Å². The quantitative estimate of drug-likeness (QED) is 0.786. The third kappa shape index (κ3) is 3.91. The predicted octanol–water partition coefficient (Wildman–Crippen LogP) is 0.696. The summed E-state index contributed by atoms with van der Waals surface area (Å²) in [5.74, 6) is 0. The van der Waals surface area contributed by atoms with Crippen molar-refractivity contribution in [2.45, 2.75) is 34.1 Å². The summed E-state index contributed by atoms with van der Waals surface area (Å²) in [6.45, 7) is 6.13. The Morgan fingerprint density at radius 3 is 1.10 bits per heavy atom. The molecule has 1 rings (SSSR count). The Morgan fingerprint density at radius 2 is 1.10 bits per heavy atom. The average Bonchev–Trinajstić information content (AvgIpc) is 2.11. The fourth-order valence-electron chi connectivity index (χ4n) is 1.99. The smallest absolute Gasteiger partial charge is 0.407 e. The van der Waals surface area contributed by atoms with E-state index in [2.05, 4.69) is 0 Å². The maximum Gasteiger partial charge on any atom is 0.407 e. The molecule has 0 aromatic carbocycles. The molecule has 112 valence electrons. The molecule has 0 radical (unpaired) electrons. The van der Waals surface area contributed by atoms with Crippen molar-refractivity contribution < 1.29 is 49.3 Å². The topological polar surface area (TPSA) is 109 Å². The number of carbonyl (C=O) groups excluding carboxylic acids is 4. The van der Waals surface area contributed by atoms with Crippen LogP contribution in [0.1, 0.15) is 34.1 Å². The zero-order chi connectivity index (χ0) is 16.1. The van der Waals surface area contributed by atoms with Gasteiger partial charge in [0.2, 0.25) is 0 Å². The van der Waals surface area contributed by atoms with Gasteiger partial charge in [-0.25, -0.2) is 4.79 Å². The summed E-state index contributed by atoms with van der Waals surface area (Å²) in [5.41, 5.74) is 0. The van der Waals surface area contributed by atoms with Gasteiger partial charge in [0.15, 0.2) is 0 Å². The molecule has 0 aromatic heterocycles. The summed E-state index contributed by atoms with van der Waals surface area (Å²) in [5, 5.41) is 8.16. The van der Waals surface area contributed by atoms with Gasteiger partial charge < -0.3 is 10.0 Å². The molecular formula is C12H19NO6Zr. The predicted molar refractivity (Wildman–Crippen MR) is 66.9 cm³/mol. The summed E-state index contributed by atoms with van der Waals surface area (Å²) in [4.78, 5) is 56.2. The molecule has 1 amide bonds. The van der Waals surface area contributed by atoms with Crippen LogP contribution in [0.3, 0.4) is 0 Å². The van der Waals surface area contributed by atoms with Crippen LogP contribution in [-0.2, 0) is 39.4 Å². The van der Waals surface area contributed by atoms with Gasteiger partial charge in [0.25, 0.3) is 0 Å². The maximum atomic E-state index is 11.2. The summed E-state index contributed by atoms with van der Waals surface area (Å²) in [7, 11) is 0. The van der Waals surface area contributed by atoms with Crippen LogP contribution in [0.4, 0.5) is 4.79 Å². The Morgan fingerprint density at radius 1 is 0.800 bits per heavy atom. The van der Waals surface area contributed by atoms with E-state index in [1.165, 1.54) is 32.6 Å². The van der Waals surface area contributed by atoms with Crippen LogP contribution in [0.2, 0.25) is 0 Å². The molecule has 1 fully saturated rings. The van der Waals surface area contributed by atoms with Crippen molar-refractivity contribution in [2.75, 3.05) is 13.1 Å². The van der Waals surface area contributed by atoms with Crippen LogP contribution < -0.4 is 0 Å². The molecule has 1 aliphatic rings. The monoisotopic (exact) mass is 363 g/mol. The minimum absolute atomic E-state index is 0.498. The van der Waals surface area contributed by atoms with Crippen LogP contribution in [0.15, 0.2) is 0 Å². The van der Waals surface area contributed by atoms with Crippen LogP contribution >= 0.6 is 0 Å². The first-order valence-corrected chi connectivity index (χ1v) is 11.0. The summed E-state index contributed by atoms with van der Waals surface area (Å²) in [6.07, 6.45) is 0.248. The van der Waals surface area contributed by atoms with Gasteiger partial charge in [0, 0.05) is 13.1 Å². The van der Waals surface area contributed by atoms with E-state index >= 15 is 0 Å². The van der Waals surface area contributed by atoms with Gasteiger partial charge in [0.1, 0.15) is 0 Å². The van der Waals surface area contributed by atoms with E-state index in [-0.39, 0.29) is 0 Å². The van der Waals surface area contributed by atoms with E-state index in [0.29, 0.717) is 0 Å². The standard InChI is InChI=1S/C4H7NO2.4C2H3O.Zr/c6-4(7)5-2-1-3-5;4*1-2-3;/h1-3H2,(H,6,7);4*1H3;. The Labute approximate surface area is 121 Å². The molecule has 0 aliphatic carbocycles. The first kappa shape index (κ1) is 18.8. The van der Waals surface area contributed by atoms with Crippen LogP contribution in [0, 0.1) is 0 Å². The number of carbonyl (C=O) groups is 5. The van der Waals surface area contributed by atoms with E-state index in [0.717, 1.165) is 19.5 Å². The van der Waals surface area contributed by atoms with E-state index in [1.807, 2.05) is 0 Å². The molecule has 0 unspecified atom stereocenters. The number of carboxylic acid groups (broad SMARTS) is 1. The summed E-state index contributed by atoms with van der Waals surface area (Å²) >= 11 is -4.48. The largest absolute Gasteiger partial charge is 0.465 e. The molecule has 7 nitrogen and oxygen atoms in total. The van der Waals surface area contributed by atoms with Crippen molar-refractivity contribution in [2.24, 2.45) is 0 Å². The number of rotatable bonds is 4. The van der Waals surface area contributed by atoms with Gasteiger partial charge in [-0.2, -0.15) is 0 Å². The normalized spacial score (nSPS) is 13.5. The molecule has 0 aromatic rings. The third-order valence-corrected chi connectivity index (χ3v) is 13.6. The van der Waals surface area contributed by atoms with E-state index < -0.39 is 40.3 Å². The Bertz CT molecular complexity index is 393. The van der Waals surface area contributed by atoms with Crippen molar-refractivity contribution >= 4 is 20.1 Å². The summed E-state index contributed by atoms with van der Waals surface area (Å²) in [6, 6.07) is 0. The van der Waals surface area contributed by atoms with Crippen molar-refractivity contribution in [3.63, 3.8) is 0 Å². The molecule has 0 atom stereocenters. The Hall–Kier alpha value is -1.17. The fraction of sp³-hybridized carbons (Fsp3) is 0.583. The second-order valence-electron chi connectivity index (χ2n) is 4.60. The van der Waals surface area contributed by atoms with Gasteiger partial charge in [-0.3, -0.25) is 0 Å². The minimum Gasteiger partial charge on any atom is -0.465 e. The maximum absolute atomic E-state index is 11.2. The van der Waals surface area contributed by atoms with Gasteiger partial charge in [-0.05, 0) is 6.42 Å². The molecule has 1 saturated heterocycles.